The fourth-order valence-corrected chi connectivity index (χ4v) is 11.2. The number of unbranched alkanes of at least 4 members (excludes halogenated alkanes) is 1. The van der Waals surface area contributed by atoms with Crippen LogP contribution in [0.5, 0.6) is 0 Å². The van der Waals surface area contributed by atoms with Crippen molar-refractivity contribution in [3.05, 3.63) is 34.8 Å². The molecule has 0 N–H and O–H groups in total. The third-order valence-electron chi connectivity index (χ3n) is 13.7. The summed E-state index contributed by atoms with van der Waals surface area (Å²) >= 11 is 0. The van der Waals surface area contributed by atoms with E-state index in [9.17, 15) is 9.59 Å². The van der Waals surface area contributed by atoms with Gasteiger partial charge in [0.25, 0.3) is 0 Å². The monoisotopic (exact) mass is 586 g/mol. The predicted octanol–water partition coefficient (Wildman–Crippen LogP) is 10.6. The van der Waals surface area contributed by atoms with Gasteiger partial charge >= 0.3 is 0 Å². The quantitative estimate of drug-likeness (QED) is 0.290. The maximum absolute atomic E-state index is 14.6. The molecule has 3 saturated carbocycles. The molecule has 2 nitrogen and oxygen atoms in total. The van der Waals surface area contributed by atoms with Crippen LogP contribution >= 0.6 is 0 Å². The van der Waals surface area contributed by atoms with Crippen molar-refractivity contribution in [3.63, 3.8) is 0 Å². The van der Waals surface area contributed by atoms with Crippen molar-refractivity contribution in [3.8, 4) is 0 Å². The van der Waals surface area contributed by atoms with E-state index >= 15 is 0 Å². The van der Waals surface area contributed by atoms with Gasteiger partial charge in [-0.15, -0.1) is 5.47 Å². The third-order valence-corrected chi connectivity index (χ3v) is 13.7. The smallest absolute Gasteiger partial charge is 0.159 e. The molecule has 3 fully saturated rings. The number of carbonyl (C=O) groups is 2. The number of fused-ring (bicyclic) bond motifs is 7. The first kappa shape index (κ1) is 34.5. The van der Waals surface area contributed by atoms with Crippen LogP contribution in [0, 0.1) is 56.7 Å². The summed E-state index contributed by atoms with van der Waals surface area (Å²) in [5.74, 6) is 1.76. The second-order valence-corrected chi connectivity index (χ2v) is 16.9. The summed E-state index contributed by atoms with van der Waals surface area (Å²) in [7, 11) is 6.93. The summed E-state index contributed by atoms with van der Waals surface area (Å²) in [6, 6.07) is 0. The minimum atomic E-state index is -0.314. The molecule has 5 rings (SSSR count). The summed E-state index contributed by atoms with van der Waals surface area (Å²) in [6.45, 7) is 24.9. The number of allylic oxidation sites excluding steroid dienone is 6. The van der Waals surface area contributed by atoms with Crippen LogP contribution in [0.1, 0.15) is 147 Å². The van der Waals surface area contributed by atoms with Crippen LogP contribution in [-0.4, -0.2) is 19.4 Å². The predicted molar refractivity (Wildman–Crippen MR) is 183 cm³/mol. The van der Waals surface area contributed by atoms with E-state index in [1.54, 1.807) is 0 Å². The van der Waals surface area contributed by atoms with Gasteiger partial charge in [0.2, 0.25) is 0 Å². The lowest BCUT2D eigenvalue weighted by Crippen LogP contribution is -2.62. The molecule has 0 aromatic rings. The second-order valence-electron chi connectivity index (χ2n) is 16.9. The van der Waals surface area contributed by atoms with E-state index in [4.69, 9.17) is 7.85 Å². The molecule has 0 aliphatic heterocycles. The molecule has 2 radical (unpaired) electrons. The lowest BCUT2D eigenvalue weighted by atomic mass is 9.36. The standard InChI is InChI=1S/C38H57BO2.C2H6/c1-10-12-13-14-25-22-37(9)29(35(6,7)32(25)39)16-17-36(8)26-15-18-38(33(41)24(3)11-2)20-19-34(4,5)23-27(38)31(26)28(40)21-30(36)37;1-2/h13-14,21,24,26-27,29,31H,10-12,15-20,22-23H2,1-9H3;1-2H3/b14-13-;. The lowest BCUT2D eigenvalue weighted by molar-refractivity contribution is -0.162. The van der Waals surface area contributed by atoms with E-state index in [0.717, 1.165) is 76.1 Å². The maximum Gasteiger partial charge on any atom is 0.159 e. The number of ketones is 2. The minimum absolute atomic E-state index is 0.00256. The van der Waals surface area contributed by atoms with Gasteiger partial charge in [-0.05, 0) is 110 Å². The molecule has 0 bridgehead atoms. The van der Waals surface area contributed by atoms with Gasteiger partial charge in [-0.2, -0.15) is 0 Å². The minimum Gasteiger partial charge on any atom is -0.299 e. The highest BCUT2D eigenvalue weighted by atomic mass is 16.1. The Kier molecular flexibility index (Phi) is 9.70. The van der Waals surface area contributed by atoms with E-state index in [0.29, 0.717) is 23.4 Å². The summed E-state index contributed by atoms with van der Waals surface area (Å²) in [6.07, 6.45) is 18.0. The lowest BCUT2D eigenvalue weighted by Gasteiger charge is -2.66. The Bertz CT molecular complexity index is 1180. The molecule has 43 heavy (non-hydrogen) atoms. The molecule has 0 aromatic heterocycles. The molecule has 5 aliphatic carbocycles. The van der Waals surface area contributed by atoms with Crippen LogP contribution in [0.3, 0.4) is 0 Å². The highest BCUT2D eigenvalue weighted by molar-refractivity contribution is 6.23. The fourth-order valence-electron chi connectivity index (χ4n) is 11.2. The molecular weight excluding hydrogens is 523 g/mol. The Balaban J connectivity index is 0.00000207. The maximum atomic E-state index is 14.6. The van der Waals surface area contributed by atoms with E-state index in [2.05, 4.69) is 80.5 Å². The van der Waals surface area contributed by atoms with E-state index in [1.165, 1.54) is 11.1 Å². The van der Waals surface area contributed by atoms with Gasteiger partial charge < -0.3 is 0 Å². The van der Waals surface area contributed by atoms with Crippen molar-refractivity contribution in [2.75, 3.05) is 0 Å². The molecule has 0 amide bonds. The zero-order valence-electron chi connectivity index (χ0n) is 29.8. The number of carbonyl (C=O) groups excluding carboxylic acids is 2. The Labute approximate surface area is 266 Å². The SMILES string of the molecule is CC.[B]C1=C(/C=C\CCC)CC2(C)C3=CC(=O)C4C(CCC5(C(=O)C(C)CC)CCC(C)(C)CC45)C3(C)CCC2C1(C)C. The van der Waals surface area contributed by atoms with Gasteiger partial charge in [0.1, 0.15) is 13.6 Å². The first-order valence-electron chi connectivity index (χ1n) is 18.1. The van der Waals surface area contributed by atoms with Crippen LogP contribution in [0.4, 0.5) is 0 Å². The van der Waals surface area contributed by atoms with Gasteiger partial charge in [0, 0.05) is 17.3 Å². The molecule has 0 heterocycles. The largest absolute Gasteiger partial charge is 0.299 e. The Morgan fingerprint density at radius 2 is 1.65 bits per heavy atom. The van der Waals surface area contributed by atoms with Crippen LogP contribution in [-0.2, 0) is 9.59 Å². The van der Waals surface area contributed by atoms with E-state index < -0.39 is 0 Å². The highest BCUT2D eigenvalue weighted by Gasteiger charge is 2.66. The average Bonchev–Trinajstić information content (AvgIpc) is 2.96. The van der Waals surface area contributed by atoms with Gasteiger partial charge in [-0.1, -0.05) is 106 Å². The van der Waals surface area contributed by atoms with Crippen molar-refractivity contribution in [2.45, 2.75) is 147 Å². The summed E-state index contributed by atoms with van der Waals surface area (Å²) in [5, 5.41) is 0. The van der Waals surface area contributed by atoms with Gasteiger partial charge in [-0.25, -0.2) is 0 Å². The van der Waals surface area contributed by atoms with Crippen molar-refractivity contribution in [1.29, 1.82) is 0 Å². The van der Waals surface area contributed by atoms with Crippen molar-refractivity contribution >= 4 is 19.4 Å². The third kappa shape index (κ3) is 5.33. The Hall–Kier alpha value is -1.38. The second kappa shape index (κ2) is 12.1. The average molecular weight is 587 g/mol. The van der Waals surface area contributed by atoms with Crippen molar-refractivity contribution in [2.24, 2.45) is 56.7 Å². The van der Waals surface area contributed by atoms with Crippen LogP contribution < -0.4 is 0 Å². The first-order chi connectivity index (χ1) is 20.1. The van der Waals surface area contributed by atoms with Crippen LogP contribution in [0.25, 0.3) is 0 Å². The van der Waals surface area contributed by atoms with E-state index in [-0.39, 0.29) is 44.8 Å². The molecule has 238 valence electrons. The van der Waals surface area contributed by atoms with Crippen LogP contribution in [0.2, 0.25) is 0 Å². The molecule has 8 atom stereocenters. The number of hydrogen-bond donors (Lipinski definition) is 0. The normalized spacial score (nSPS) is 40.3. The van der Waals surface area contributed by atoms with E-state index in [1.807, 2.05) is 13.8 Å². The molecule has 0 saturated heterocycles. The zero-order valence-corrected chi connectivity index (χ0v) is 29.8. The zero-order chi connectivity index (χ0) is 32.2. The number of Topliss-reactive ketones (excluding diaryl/α,β-unsaturated/α-hetero) is 1. The molecule has 3 heteroatoms. The number of rotatable bonds is 6. The molecule has 0 spiro atoms. The first-order valence-corrected chi connectivity index (χ1v) is 18.1. The Morgan fingerprint density at radius 1 is 0.977 bits per heavy atom. The highest BCUT2D eigenvalue weighted by Crippen LogP contribution is 2.72. The van der Waals surface area contributed by atoms with Crippen molar-refractivity contribution in [1.82, 2.24) is 0 Å². The summed E-state index contributed by atoms with van der Waals surface area (Å²) < 4.78 is 0. The summed E-state index contributed by atoms with van der Waals surface area (Å²) in [4.78, 5) is 28.8. The van der Waals surface area contributed by atoms with Gasteiger partial charge in [0.05, 0.1) is 0 Å². The fraction of sp³-hybridized carbons (Fsp3) is 0.800. The Morgan fingerprint density at radius 3 is 2.28 bits per heavy atom. The molecular formula is C40H63BO2. The number of hydrogen-bond acceptors (Lipinski definition) is 2. The topological polar surface area (TPSA) is 34.1 Å². The molecule has 5 aliphatic rings. The summed E-state index contributed by atoms with van der Waals surface area (Å²) in [5.41, 5.74) is 3.40. The molecule has 8 unspecified atom stereocenters. The van der Waals surface area contributed by atoms with Gasteiger partial charge in [0.15, 0.2) is 5.78 Å². The van der Waals surface area contributed by atoms with Gasteiger partial charge in [-0.3, -0.25) is 9.59 Å². The molecule has 0 aromatic carbocycles. The van der Waals surface area contributed by atoms with Crippen LogP contribution in [0.15, 0.2) is 34.8 Å². The van der Waals surface area contributed by atoms with Crippen molar-refractivity contribution < 1.29 is 9.59 Å².